The maximum atomic E-state index is 11.9. The fourth-order valence-electron chi connectivity index (χ4n) is 2.14. The Labute approximate surface area is 101 Å². The summed E-state index contributed by atoms with van der Waals surface area (Å²) in [6.45, 7) is 2.08. The first kappa shape index (κ1) is 11.7. The predicted octanol–water partition coefficient (Wildman–Crippen LogP) is 2.86. The Morgan fingerprint density at radius 3 is 2.88 bits per heavy atom. The van der Waals surface area contributed by atoms with E-state index < -0.39 is 5.97 Å². The quantitative estimate of drug-likeness (QED) is 0.797. The van der Waals surface area contributed by atoms with Gasteiger partial charge in [-0.3, -0.25) is 0 Å². The SMILES string of the molecule is CCOC(=O)C1=C(O)CCCc2ccccc21. The van der Waals surface area contributed by atoms with E-state index in [1.54, 1.807) is 6.92 Å². The van der Waals surface area contributed by atoms with Crippen LogP contribution in [-0.4, -0.2) is 17.7 Å². The van der Waals surface area contributed by atoms with E-state index in [2.05, 4.69) is 0 Å². The van der Waals surface area contributed by atoms with E-state index in [1.807, 2.05) is 24.3 Å². The third-order valence-corrected chi connectivity index (χ3v) is 2.91. The number of carbonyl (C=O) groups excluding carboxylic acids is 1. The van der Waals surface area contributed by atoms with Crippen molar-refractivity contribution >= 4 is 11.5 Å². The van der Waals surface area contributed by atoms with Crippen LogP contribution in [0.1, 0.15) is 30.9 Å². The summed E-state index contributed by atoms with van der Waals surface area (Å²) in [5, 5.41) is 9.97. The van der Waals surface area contributed by atoms with E-state index in [-0.39, 0.29) is 5.76 Å². The van der Waals surface area contributed by atoms with Crippen molar-refractivity contribution in [3.8, 4) is 0 Å². The number of aliphatic hydroxyl groups is 1. The molecule has 0 heterocycles. The molecule has 0 radical (unpaired) electrons. The normalized spacial score (nSPS) is 15.1. The molecular weight excluding hydrogens is 216 g/mol. The van der Waals surface area contributed by atoms with Gasteiger partial charge in [0.15, 0.2) is 0 Å². The highest BCUT2D eigenvalue weighted by Gasteiger charge is 2.23. The molecule has 1 aliphatic carbocycles. The summed E-state index contributed by atoms with van der Waals surface area (Å²) in [5.74, 6) is -0.284. The molecule has 1 aromatic carbocycles. The van der Waals surface area contributed by atoms with Crippen molar-refractivity contribution < 1.29 is 14.6 Å². The van der Waals surface area contributed by atoms with Gasteiger partial charge >= 0.3 is 5.97 Å². The first-order valence-electron chi connectivity index (χ1n) is 5.91. The van der Waals surface area contributed by atoms with Crippen molar-refractivity contribution in [2.75, 3.05) is 6.61 Å². The Bertz CT molecular complexity index is 460. The number of fused-ring (bicyclic) bond motifs is 1. The lowest BCUT2D eigenvalue weighted by Crippen LogP contribution is -2.09. The van der Waals surface area contributed by atoms with Crippen LogP contribution in [0.4, 0.5) is 0 Å². The molecule has 1 aliphatic rings. The molecule has 3 heteroatoms. The molecule has 1 N–H and O–H groups in total. The minimum atomic E-state index is -0.431. The number of esters is 1. The van der Waals surface area contributed by atoms with Crippen LogP contribution >= 0.6 is 0 Å². The van der Waals surface area contributed by atoms with Gasteiger partial charge in [0.2, 0.25) is 0 Å². The van der Waals surface area contributed by atoms with Gasteiger partial charge in [-0.1, -0.05) is 24.3 Å². The van der Waals surface area contributed by atoms with Crippen molar-refractivity contribution in [1.82, 2.24) is 0 Å². The van der Waals surface area contributed by atoms with Gasteiger partial charge in [0.25, 0.3) is 0 Å². The van der Waals surface area contributed by atoms with Crippen LogP contribution in [0.3, 0.4) is 0 Å². The number of rotatable bonds is 2. The molecular formula is C14H16O3. The van der Waals surface area contributed by atoms with Crippen molar-refractivity contribution in [3.05, 3.63) is 41.2 Å². The van der Waals surface area contributed by atoms with Gasteiger partial charge in [0, 0.05) is 6.42 Å². The summed E-state index contributed by atoms with van der Waals surface area (Å²) in [7, 11) is 0. The number of hydrogen-bond acceptors (Lipinski definition) is 3. The van der Waals surface area contributed by atoms with Crippen LogP contribution < -0.4 is 0 Å². The van der Waals surface area contributed by atoms with Crippen LogP contribution in [0.25, 0.3) is 5.57 Å². The van der Waals surface area contributed by atoms with Crippen molar-refractivity contribution in [1.29, 1.82) is 0 Å². The molecule has 90 valence electrons. The third kappa shape index (κ3) is 2.33. The number of carbonyl (C=O) groups is 1. The van der Waals surface area contributed by atoms with Crippen LogP contribution in [-0.2, 0) is 16.0 Å². The van der Waals surface area contributed by atoms with Gasteiger partial charge in [-0.25, -0.2) is 4.79 Å². The van der Waals surface area contributed by atoms with Crippen molar-refractivity contribution in [3.63, 3.8) is 0 Å². The molecule has 0 spiro atoms. The maximum absolute atomic E-state index is 11.9. The lowest BCUT2D eigenvalue weighted by molar-refractivity contribution is -0.136. The Morgan fingerprint density at radius 1 is 1.35 bits per heavy atom. The van der Waals surface area contributed by atoms with E-state index in [0.717, 1.165) is 24.0 Å². The zero-order chi connectivity index (χ0) is 12.3. The number of benzene rings is 1. The molecule has 17 heavy (non-hydrogen) atoms. The molecule has 3 nitrogen and oxygen atoms in total. The second-order valence-electron chi connectivity index (χ2n) is 4.05. The average Bonchev–Trinajstić information content (AvgIpc) is 2.47. The second kappa shape index (κ2) is 5.04. The third-order valence-electron chi connectivity index (χ3n) is 2.91. The van der Waals surface area contributed by atoms with E-state index in [1.165, 1.54) is 0 Å². The number of aliphatic hydroxyl groups excluding tert-OH is 1. The van der Waals surface area contributed by atoms with E-state index in [0.29, 0.717) is 18.6 Å². The van der Waals surface area contributed by atoms with Gasteiger partial charge < -0.3 is 9.84 Å². The van der Waals surface area contributed by atoms with Crippen molar-refractivity contribution in [2.24, 2.45) is 0 Å². The van der Waals surface area contributed by atoms with Gasteiger partial charge in [0.1, 0.15) is 11.3 Å². The van der Waals surface area contributed by atoms with Crippen LogP contribution in [0, 0.1) is 0 Å². The zero-order valence-corrected chi connectivity index (χ0v) is 9.90. The molecule has 0 aromatic heterocycles. The molecule has 0 fully saturated rings. The van der Waals surface area contributed by atoms with E-state index >= 15 is 0 Å². The molecule has 0 saturated heterocycles. The largest absolute Gasteiger partial charge is 0.511 e. The first-order valence-corrected chi connectivity index (χ1v) is 5.91. The molecule has 2 rings (SSSR count). The summed E-state index contributed by atoms with van der Waals surface area (Å²) in [6, 6.07) is 7.68. The minimum absolute atomic E-state index is 0.147. The van der Waals surface area contributed by atoms with Gasteiger partial charge in [-0.2, -0.15) is 0 Å². The Morgan fingerprint density at radius 2 is 2.12 bits per heavy atom. The van der Waals surface area contributed by atoms with E-state index in [4.69, 9.17) is 4.74 Å². The van der Waals surface area contributed by atoms with Crippen LogP contribution in [0.5, 0.6) is 0 Å². The number of ether oxygens (including phenoxy) is 1. The smallest absolute Gasteiger partial charge is 0.342 e. The number of aryl methyl sites for hydroxylation is 1. The second-order valence-corrected chi connectivity index (χ2v) is 4.05. The van der Waals surface area contributed by atoms with Gasteiger partial charge in [0.05, 0.1) is 6.61 Å². The van der Waals surface area contributed by atoms with Gasteiger partial charge in [-0.15, -0.1) is 0 Å². The molecule has 0 amide bonds. The number of allylic oxidation sites excluding steroid dienone is 1. The summed E-state index contributed by atoms with van der Waals surface area (Å²) in [5.41, 5.74) is 2.24. The van der Waals surface area contributed by atoms with Gasteiger partial charge in [-0.05, 0) is 30.9 Å². The molecule has 0 atom stereocenters. The summed E-state index contributed by atoms with van der Waals surface area (Å²) in [4.78, 5) is 11.9. The van der Waals surface area contributed by atoms with Crippen molar-refractivity contribution in [2.45, 2.75) is 26.2 Å². The Kier molecular flexibility index (Phi) is 3.47. The standard InChI is InChI=1S/C14H16O3/c1-2-17-14(16)13-11-8-4-3-6-10(11)7-5-9-12(13)15/h3-4,6,8,15H,2,5,7,9H2,1H3. The molecule has 0 bridgehead atoms. The summed E-state index contributed by atoms with van der Waals surface area (Å²) >= 11 is 0. The molecule has 1 aromatic rings. The minimum Gasteiger partial charge on any atom is -0.511 e. The van der Waals surface area contributed by atoms with Crippen LogP contribution in [0.15, 0.2) is 30.0 Å². The summed E-state index contributed by atoms with van der Waals surface area (Å²) < 4.78 is 5.01. The zero-order valence-electron chi connectivity index (χ0n) is 9.90. The first-order chi connectivity index (χ1) is 8.24. The predicted molar refractivity (Wildman–Crippen MR) is 65.6 cm³/mol. The summed E-state index contributed by atoms with van der Waals surface area (Å²) in [6.07, 6.45) is 2.26. The topological polar surface area (TPSA) is 46.5 Å². The highest BCUT2D eigenvalue weighted by atomic mass is 16.5. The highest BCUT2D eigenvalue weighted by Crippen LogP contribution is 2.29. The van der Waals surface area contributed by atoms with E-state index in [9.17, 15) is 9.90 Å². The molecule has 0 saturated carbocycles. The fourth-order valence-corrected chi connectivity index (χ4v) is 2.14. The average molecular weight is 232 g/mol. The lowest BCUT2D eigenvalue weighted by Gasteiger charge is -2.10. The lowest BCUT2D eigenvalue weighted by atomic mass is 9.99. The molecule has 0 aliphatic heterocycles. The monoisotopic (exact) mass is 232 g/mol. The fraction of sp³-hybridized carbons (Fsp3) is 0.357. The molecule has 0 unspecified atom stereocenters. The number of hydrogen-bond donors (Lipinski definition) is 1. The maximum Gasteiger partial charge on any atom is 0.342 e. The Hall–Kier alpha value is -1.77. The Balaban J connectivity index is 2.49. The highest BCUT2D eigenvalue weighted by molar-refractivity contribution is 6.17. The van der Waals surface area contributed by atoms with Crippen LogP contribution in [0.2, 0.25) is 0 Å².